The number of likely N-dealkylation sites (N-methyl/N-ethyl adjacent to an activating group) is 7. The number of rotatable bonds is 16. The number of benzene rings is 2. The molecule has 0 spiro atoms. The summed E-state index contributed by atoms with van der Waals surface area (Å²) in [6.07, 6.45) is 0.928. The quantitative estimate of drug-likeness (QED) is 0.158. The molecule has 546 valence electrons. The SMILES string of the molecule is CC[C@H](C)[C@@H]1NC(=O)[C@H](Cc2ccccc2)N(C)C(=O)CN(C)C(=O)C[C@@H](C(=O)N2CCCCC2)NC(=O)[C@H](C(C)C)N(C)C(=O)[C@H](CCc2ccc(Cl)cc2)NC(=O)[C@H](CC(C)C)N(C)C(=O)[C@H](CC(C)C)N(C)C(=O)CN(C)C(=O)[C@H]([C@@H](C)O)NC(=O)[C@H](CC(C)C)N(C)C1=O. The average molecular weight is 1390 g/mol. The van der Waals surface area contributed by atoms with Gasteiger partial charge in [-0.1, -0.05) is 130 Å². The van der Waals surface area contributed by atoms with Crippen molar-refractivity contribution >= 4 is 82.5 Å². The third-order valence-electron chi connectivity index (χ3n) is 18.8. The predicted molar refractivity (Wildman–Crippen MR) is 375 cm³/mol. The third-order valence-corrected chi connectivity index (χ3v) is 19.1. The first kappa shape index (κ1) is 82.8. The number of carbonyl (C=O) groups excluding carboxylic acids is 12. The molecule has 2 aliphatic rings. The first-order valence-corrected chi connectivity index (χ1v) is 35.1. The van der Waals surface area contributed by atoms with Crippen molar-refractivity contribution in [1.82, 2.24) is 60.5 Å². The Morgan fingerprint density at radius 3 is 1.52 bits per heavy atom. The highest BCUT2D eigenvalue weighted by atomic mass is 35.5. The predicted octanol–water partition coefficient (Wildman–Crippen LogP) is 4.14. The van der Waals surface area contributed by atoms with Gasteiger partial charge in [0.15, 0.2) is 0 Å². The summed E-state index contributed by atoms with van der Waals surface area (Å²) in [6.45, 7) is 18.9. The van der Waals surface area contributed by atoms with Gasteiger partial charge in [0.25, 0.3) is 0 Å². The van der Waals surface area contributed by atoms with E-state index in [0.717, 1.165) is 21.8 Å². The van der Waals surface area contributed by atoms with Crippen LogP contribution in [0, 0.1) is 29.6 Å². The summed E-state index contributed by atoms with van der Waals surface area (Å²) < 4.78 is 0. The Morgan fingerprint density at radius 2 is 1.00 bits per heavy atom. The molecule has 26 heteroatoms. The zero-order chi connectivity index (χ0) is 73.7. The number of carbonyl (C=O) groups is 12. The van der Waals surface area contributed by atoms with Gasteiger partial charge < -0.3 is 65.6 Å². The molecule has 2 aromatic rings. The molecule has 4 rings (SSSR count). The zero-order valence-corrected chi connectivity index (χ0v) is 62.0. The smallest absolute Gasteiger partial charge is 0.248 e. The Morgan fingerprint density at radius 1 is 0.510 bits per heavy atom. The van der Waals surface area contributed by atoms with Gasteiger partial charge in [-0.2, -0.15) is 0 Å². The molecule has 2 aliphatic heterocycles. The van der Waals surface area contributed by atoms with Gasteiger partial charge in [0.05, 0.1) is 25.6 Å². The number of aryl methyl sites for hydroxylation is 1. The van der Waals surface area contributed by atoms with Crippen molar-refractivity contribution in [2.45, 2.75) is 207 Å². The van der Waals surface area contributed by atoms with E-state index in [2.05, 4.69) is 21.3 Å². The molecule has 2 aromatic carbocycles. The van der Waals surface area contributed by atoms with Crippen LogP contribution >= 0.6 is 11.6 Å². The van der Waals surface area contributed by atoms with E-state index in [1.807, 2.05) is 48.5 Å². The molecule has 11 atom stereocenters. The molecule has 0 bridgehead atoms. The average Bonchev–Trinajstić information content (AvgIpc) is 0.838. The molecule has 0 unspecified atom stereocenters. The fourth-order valence-electron chi connectivity index (χ4n) is 12.5. The third kappa shape index (κ3) is 23.5. The van der Waals surface area contributed by atoms with Crippen LogP contribution in [0.1, 0.15) is 145 Å². The molecule has 12 amide bonds. The molecule has 2 fully saturated rings. The van der Waals surface area contributed by atoms with E-state index in [0.29, 0.717) is 42.9 Å². The summed E-state index contributed by atoms with van der Waals surface area (Å²) in [5.41, 5.74) is 1.42. The van der Waals surface area contributed by atoms with Gasteiger partial charge in [0, 0.05) is 73.9 Å². The first-order valence-electron chi connectivity index (χ1n) is 34.7. The van der Waals surface area contributed by atoms with Crippen LogP contribution in [-0.2, 0) is 70.4 Å². The van der Waals surface area contributed by atoms with Crippen LogP contribution in [0.5, 0.6) is 0 Å². The number of hydrogen-bond acceptors (Lipinski definition) is 13. The summed E-state index contributed by atoms with van der Waals surface area (Å²) in [4.78, 5) is 188. The highest BCUT2D eigenvalue weighted by molar-refractivity contribution is 6.30. The number of likely N-dealkylation sites (tertiary alicyclic amines) is 1. The molecule has 0 saturated carbocycles. The van der Waals surface area contributed by atoms with Crippen molar-refractivity contribution in [3.05, 3.63) is 70.7 Å². The lowest BCUT2D eigenvalue weighted by molar-refractivity contribution is -0.151. The van der Waals surface area contributed by atoms with E-state index >= 15 is 24.0 Å². The van der Waals surface area contributed by atoms with Gasteiger partial charge in [-0.05, 0) is 111 Å². The number of aliphatic hydroxyl groups is 1. The van der Waals surface area contributed by atoms with Gasteiger partial charge >= 0.3 is 0 Å². The summed E-state index contributed by atoms with van der Waals surface area (Å²) in [6, 6.07) is 3.80. The summed E-state index contributed by atoms with van der Waals surface area (Å²) in [7, 11) is 9.73. The minimum absolute atomic E-state index is 0.00437. The monoisotopic (exact) mass is 1390 g/mol. The molecule has 25 nitrogen and oxygen atoms in total. The van der Waals surface area contributed by atoms with E-state index in [4.69, 9.17) is 11.6 Å². The van der Waals surface area contributed by atoms with Crippen LogP contribution in [-0.4, -0.2) is 251 Å². The van der Waals surface area contributed by atoms with E-state index < -0.39 is 163 Å². The summed E-state index contributed by atoms with van der Waals surface area (Å²) >= 11 is 6.26. The fourth-order valence-corrected chi connectivity index (χ4v) is 12.6. The van der Waals surface area contributed by atoms with E-state index in [1.165, 1.54) is 80.8 Å². The Labute approximate surface area is 586 Å². The first-order chi connectivity index (χ1) is 45.9. The molecule has 98 heavy (non-hydrogen) atoms. The minimum Gasteiger partial charge on any atom is -0.391 e. The Kier molecular flexibility index (Phi) is 32.6. The van der Waals surface area contributed by atoms with Crippen molar-refractivity contribution in [1.29, 1.82) is 0 Å². The summed E-state index contributed by atoms with van der Waals surface area (Å²) in [5, 5.41) is 23.0. The maximum absolute atomic E-state index is 15.3. The number of aliphatic hydroxyl groups excluding tert-OH is 1. The molecular weight excluding hydrogens is 1280 g/mol. The van der Waals surface area contributed by atoms with Crippen LogP contribution in [0.3, 0.4) is 0 Å². The Bertz CT molecular complexity index is 3050. The van der Waals surface area contributed by atoms with E-state index in [1.54, 1.807) is 80.3 Å². The van der Waals surface area contributed by atoms with E-state index in [9.17, 15) is 38.7 Å². The van der Waals surface area contributed by atoms with Crippen LogP contribution in [0.4, 0.5) is 0 Å². The molecule has 0 aliphatic carbocycles. The minimum atomic E-state index is -1.65. The maximum atomic E-state index is 15.3. The largest absolute Gasteiger partial charge is 0.391 e. The van der Waals surface area contributed by atoms with Crippen molar-refractivity contribution in [2.24, 2.45) is 29.6 Å². The van der Waals surface area contributed by atoms with Crippen molar-refractivity contribution < 1.29 is 62.6 Å². The highest BCUT2D eigenvalue weighted by Gasteiger charge is 2.43. The second-order valence-corrected chi connectivity index (χ2v) is 29.0. The molecule has 2 heterocycles. The highest BCUT2D eigenvalue weighted by Crippen LogP contribution is 2.24. The second kappa shape index (κ2) is 38.6. The number of amides is 12. The van der Waals surface area contributed by atoms with Gasteiger partial charge in [0.1, 0.15) is 54.4 Å². The molecule has 0 aromatic heterocycles. The molecule has 0 radical (unpaired) electrons. The van der Waals surface area contributed by atoms with E-state index in [-0.39, 0.29) is 56.3 Å². The standard InChI is InChI=1S/C72H113ClN12O13/c1-19-47(10)61-72(98)83(17)55(37-44(4)5)65(91)77-62(48(11)86)71(97)79(13)42-60(89)81(15)57(38-45(6)7)70(96)82(16)54(36-43(2)3)64(90)74-52(33-30-49-28-31-51(73)32-29-49)68(94)84(18)63(46(8)9)67(93)75-53(69(95)85-34-24-21-25-35-85)40-58(87)78(12)41-59(88)80(14)56(66(92)76-61)39-50-26-22-20-23-27-50/h20,22-23,26-29,31-32,43-48,52-57,61-63,86H,19,21,24-25,30,33-42H2,1-18H3,(H,74,90)(H,75,93)(H,76,92)(H,77,91)/t47-,48+,52-,53-,54-,55-,56-,57-,61-,62-,63-/m0/s1. The Hall–Kier alpha value is -7.67. The number of halogens is 1. The van der Waals surface area contributed by atoms with Crippen LogP contribution < -0.4 is 21.3 Å². The van der Waals surface area contributed by atoms with Crippen LogP contribution in [0.25, 0.3) is 0 Å². The number of nitrogens with zero attached hydrogens (tertiary/aromatic N) is 8. The number of piperidine rings is 1. The summed E-state index contributed by atoms with van der Waals surface area (Å²) in [5.74, 6) is -10.3. The van der Waals surface area contributed by atoms with Gasteiger partial charge in [-0.15, -0.1) is 0 Å². The topological polar surface area (TPSA) is 299 Å². The molecule has 5 N–H and O–H groups in total. The molecule has 2 saturated heterocycles. The van der Waals surface area contributed by atoms with Crippen molar-refractivity contribution in [3.63, 3.8) is 0 Å². The Balaban J connectivity index is 1.94. The maximum Gasteiger partial charge on any atom is 0.248 e. The lowest BCUT2D eigenvalue weighted by atomic mass is 9.94. The second-order valence-electron chi connectivity index (χ2n) is 28.6. The lowest BCUT2D eigenvalue weighted by Gasteiger charge is -2.38. The van der Waals surface area contributed by atoms with Gasteiger partial charge in [0.2, 0.25) is 70.9 Å². The number of nitrogens with one attached hydrogen (secondary N) is 4. The van der Waals surface area contributed by atoms with Crippen LogP contribution in [0.2, 0.25) is 5.02 Å². The van der Waals surface area contributed by atoms with Crippen molar-refractivity contribution in [2.75, 3.05) is 75.5 Å². The normalized spacial score (nSPS) is 24.9. The molecular formula is C72H113ClN12O13. The lowest BCUT2D eigenvalue weighted by Crippen LogP contribution is -2.62. The fraction of sp³-hybridized carbons (Fsp3) is 0.667. The number of hydrogen-bond donors (Lipinski definition) is 5. The van der Waals surface area contributed by atoms with Gasteiger partial charge in [-0.3, -0.25) is 57.5 Å². The van der Waals surface area contributed by atoms with Crippen LogP contribution in [0.15, 0.2) is 54.6 Å². The van der Waals surface area contributed by atoms with Crippen molar-refractivity contribution in [3.8, 4) is 0 Å². The van der Waals surface area contributed by atoms with Gasteiger partial charge in [-0.25, -0.2) is 0 Å². The zero-order valence-electron chi connectivity index (χ0n) is 61.3.